The number of benzene rings is 1. The van der Waals surface area contributed by atoms with Crippen LogP contribution in [0.15, 0.2) is 23.6 Å². The summed E-state index contributed by atoms with van der Waals surface area (Å²) in [5, 5.41) is 22.8. The van der Waals surface area contributed by atoms with Crippen molar-refractivity contribution in [1.29, 1.82) is 5.26 Å². The lowest BCUT2D eigenvalue weighted by Crippen LogP contribution is -2.40. The number of nitriles is 1. The Kier molecular flexibility index (Phi) is 3.43. The Morgan fingerprint density at radius 3 is 2.76 bits per heavy atom. The van der Waals surface area contributed by atoms with Gasteiger partial charge in [-0.2, -0.15) is 5.26 Å². The highest BCUT2D eigenvalue weighted by Gasteiger charge is 2.40. The van der Waals surface area contributed by atoms with E-state index in [1.54, 1.807) is 11.3 Å². The molecular weight excluding hydrogens is 280 g/mol. The van der Waals surface area contributed by atoms with Crippen LogP contribution in [0.4, 0.5) is 5.69 Å². The van der Waals surface area contributed by atoms with Gasteiger partial charge in [-0.3, -0.25) is 0 Å². The van der Waals surface area contributed by atoms with Crippen molar-refractivity contribution in [2.45, 2.75) is 38.8 Å². The number of aliphatic hydroxyl groups is 1. The smallest absolute Gasteiger partial charge is 0.101 e. The molecule has 3 rings (SSSR count). The van der Waals surface area contributed by atoms with Gasteiger partial charge >= 0.3 is 0 Å². The average Bonchev–Trinajstić information content (AvgIpc) is 3.03. The highest BCUT2D eigenvalue weighted by Crippen LogP contribution is 2.40. The van der Waals surface area contributed by atoms with Gasteiger partial charge in [-0.1, -0.05) is 0 Å². The zero-order valence-corrected chi connectivity index (χ0v) is 13.4. The molecule has 0 spiro atoms. The lowest BCUT2D eigenvalue weighted by atomic mass is 9.85. The van der Waals surface area contributed by atoms with Gasteiger partial charge in [0, 0.05) is 29.6 Å². The van der Waals surface area contributed by atoms with Crippen molar-refractivity contribution < 1.29 is 5.11 Å². The van der Waals surface area contributed by atoms with Gasteiger partial charge in [0.1, 0.15) is 6.07 Å². The number of rotatable bonds is 2. The van der Waals surface area contributed by atoms with Crippen molar-refractivity contribution in [3.05, 3.63) is 29.1 Å². The van der Waals surface area contributed by atoms with Crippen LogP contribution in [-0.4, -0.2) is 23.3 Å². The highest BCUT2D eigenvalue weighted by atomic mass is 32.1. The third-order valence-corrected chi connectivity index (χ3v) is 5.63. The van der Waals surface area contributed by atoms with Gasteiger partial charge in [-0.25, -0.2) is 0 Å². The Morgan fingerprint density at radius 2 is 2.14 bits per heavy atom. The van der Waals surface area contributed by atoms with Crippen LogP contribution in [0.5, 0.6) is 0 Å². The molecule has 0 aliphatic carbocycles. The van der Waals surface area contributed by atoms with E-state index >= 15 is 0 Å². The average molecular weight is 300 g/mol. The van der Waals surface area contributed by atoms with Crippen molar-refractivity contribution >= 4 is 27.1 Å². The first-order valence-electron chi connectivity index (χ1n) is 7.33. The first kappa shape index (κ1) is 14.4. The second kappa shape index (κ2) is 5.01. The third-order valence-electron chi connectivity index (χ3n) is 4.69. The van der Waals surface area contributed by atoms with Crippen molar-refractivity contribution in [1.82, 2.24) is 0 Å². The maximum Gasteiger partial charge on any atom is 0.101 e. The molecular formula is C17H20N2OS. The summed E-state index contributed by atoms with van der Waals surface area (Å²) in [6.07, 6.45) is 0.996. The summed E-state index contributed by atoms with van der Waals surface area (Å²) in [7, 11) is 0. The summed E-state index contributed by atoms with van der Waals surface area (Å²) in [4.78, 5) is 2.37. The molecule has 3 nitrogen and oxygen atoms in total. The Labute approximate surface area is 129 Å². The number of anilines is 1. The summed E-state index contributed by atoms with van der Waals surface area (Å²) < 4.78 is 1.06. The molecule has 4 heteroatoms. The lowest BCUT2D eigenvalue weighted by molar-refractivity contribution is 0.0156. The number of hydrogen-bond acceptors (Lipinski definition) is 4. The number of thiophene rings is 1. The van der Waals surface area contributed by atoms with Gasteiger partial charge in [-0.15, -0.1) is 11.3 Å². The summed E-state index contributed by atoms with van der Waals surface area (Å²) in [6, 6.07) is 8.63. The first-order valence-corrected chi connectivity index (χ1v) is 8.21. The van der Waals surface area contributed by atoms with Gasteiger partial charge in [-0.05, 0) is 50.8 Å². The van der Waals surface area contributed by atoms with Crippen molar-refractivity contribution in [3.63, 3.8) is 0 Å². The molecule has 1 aromatic carbocycles. The van der Waals surface area contributed by atoms with E-state index in [2.05, 4.69) is 30.0 Å². The summed E-state index contributed by atoms with van der Waals surface area (Å²) >= 11 is 1.62. The molecule has 2 atom stereocenters. The van der Waals surface area contributed by atoms with E-state index in [9.17, 15) is 10.4 Å². The fraction of sp³-hybridized carbons (Fsp3) is 0.471. The van der Waals surface area contributed by atoms with Crippen molar-refractivity contribution in [3.8, 4) is 6.07 Å². The first-order chi connectivity index (χ1) is 9.93. The molecule has 0 bridgehead atoms. The minimum absolute atomic E-state index is 0.266. The molecule has 0 radical (unpaired) electrons. The molecule has 1 aromatic heterocycles. The Hall–Kier alpha value is -1.57. The summed E-state index contributed by atoms with van der Waals surface area (Å²) in [6.45, 7) is 6.94. The molecule has 0 saturated carbocycles. The van der Waals surface area contributed by atoms with Crippen LogP contribution in [0.1, 0.15) is 32.8 Å². The molecule has 2 unspecified atom stereocenters. The fourth-order valence-electron chi connectivity index (χ4n) is 3.61. The standard InChI is InChI=1S/C17H20N2OS/c1-11-14(17(2,3)20)6-8-19(11)15-5-4-12(10-18)16-13(15)7-9-21-16/h4-5,7,9,11,14,20H,6,8H2,1-3H3. The van der Waals surface area contributed by atoms with E-state index in [4.69, 9.17) is 0 Å². The molecule has 1 saturated heterocycles. The van der Waals surface area contributed by atoms with E-state index in [1.165, 1.54) is 5.69 Å². The molecule has 2 aromatic rings. The number of nitrogens with zero attached hydrogens (tertiary/aromatic N) is 2. The van der Waals surface area contributed by atoms with Crippen LogP contribution in [0.2, 0.25) is 0 Å². The van der Waals surface area contributed by atoms with Crippen molar-refractivity contribution in [2.24, 2.45) is 5.92 Å². The molecule has 2 heterocycles. The molecule has 1 aliphatic rings. The summed E-state index contributed by atoms with van der Waals surface area (Å²) in [5.41, 5.74) is 1.27. The second-order valence-electron chi connectivity index (χ2n) is 6.39. The topological polar surface area (TPSA) is 47.3 Å². The van der Waals surface area contributed by atoms with Gasteiger partial charge < -0.3 is 10.0 Å². The molecule has 1 N–H and O–H groups in total. The molecule has 0 amide bonds. The zero-order valence-electron chi connectivity index (χ0n) is 12.6. The Bertz CT molecular complexity index is 708. The van der Waals surface area contributed by atoms with Crippen molar-refractivity contribution in [2.75, 3.05) is 11.4 Å². The lowest BCUT2D eigenvalue weighted by Gasteiger charge is -2.33. The normalized spacial score (nSPS) is 22.7. The second-order valence-corrected chi connectivity index (χ2v) is 7.31. The van der Waals surface area contributed by atoms with E-state index in [1.807, 2.05) is 25.3 Å². The highest BCUT2D eigenvalue weighted by molar-refractivity contribution is 7.17. The van der Waals surface area contributed by atoms with E-state index in [0.29, 0.717) is 6.04 Å². The molecule has 1 aliphatic heterocycles. The number of hydrogen-bond donors (Lipinski definition) is 1. The van der Waals surface area contributed by atoms with E-state index in [-0.39, 0.29) is 5.92 Å². The minimum atomic E-state index is -0.658. The quantitative estimate of drug-likeness (QED) is 0.918. The monoisotopic (exact) mass is 300 g/mol. The Balaban J connectivity index is 2.03. The largest absolute Gasteiger partial charge is 0.390 e. The zero-order chi connectivity index (χ0) is 15.2. The molecule has 1 fully saturated rings. The Morgan fingerprint density at radius 1 is 1.38 bits per heavy atom. The molecule has 110 valence electrons. The van der Waals surface area contributed by atoms with E-state index < -0.39 is 5.60 Å². The number of fused-ring (bicyclic) bond motifs is 1. The third kappa shape index (κ3) is 2.31. The molecule has 21 heavy (non-hydrogen) atoms. The van der Waals surface area contributed by atoms with Gasteiger partial charge in [0.25, 0.3) is 0 Å². The van der Waals surface area contributed by atoms with Gasteiger partial charge in [0.15, 0.2) is 0 Å². The SMILES string of the molecule is CC1C(C(C)(C)O)CCN1c1ccc(C#N)c2sccc12. The minimum Gasteiger partial charge on any atom is -0.390 e. The van der Waals surface area contributed by atoms with Crippen LogP contribution in [-0.2, 0) is 0 Å². The maximum absolute atomic E-state index is 10.3. The van der Waals surface area contributed by atoms with Crippen LogP contribution in [0, 0.1) is 17.2 Å². The predicted molar refractivity (Wildman–Crippen MR) is 87.8 cm³/mol. The van der Waals surface area contributed by atoms with Crippen LogP contribution in [0.3, 0.4) is 0 Å². The van der Waals surface area contributed by atoms with E-state index in [0.717, 1.165) is 28.6 Å². The van der Waals surface area contributed by atoms with Crippen LogP contribution < -0.4 is 4.90 Å². The predicted octanol–water partition coefficient (Wildman–Crippen LogP) is 3.76. The van der Waals surface area contributed by atoms with Gasteiger partial charge in [0.2, 0.25) is 0 Å². The van der Waals surface area contributed by atoms with Crippen LogP contribution in [0.25, 0.3) is 10.1 Å². The van der Waals surface area contributed by atoms with Gasteiger partial charge in [0.05, 0.1) is 15.9 Å². The summed E-state index contributed by atoms with van der Waals surface area (Å²) in [5.74, 6) is 0.266. The fourth-order valence-corrected chi connectivity index (χ4v) is 4.49. The van der Waals surface area contributed by atoms with Crippen LogP contribution >= 0.6 is 11.3 Å². The maximum atomic E-state index is 10.3.